The van der Waals surface area contributed by atoms with Gasteiger partial charge in [0, 0.05) is 19.1 Å². The van der Waals surface area contributed by atoms with Gasteiger partial charge in [-0.05, 0) is 48.9 Å². The summed E-state index contributed by atoms with van der Waals surface area (Å²) in [6.45, 7) is 0.733. The van der Waals surface area contributed by atoms with Crippen molar-refractivity contribution in [2.24, 2.45) is 5.92 Å². The second-order valence-corrected chi connectivity index (χ2v) is 10.0. The van der Waals surface area contributed by atoms with Crippen molar-refractivity contribution in [1.82, 2.24) is 9.62 Å². The monoisotopic (exact) mass is 412 g/mol. The van der Waals surface area contributed by atoms with Gasteiger partial charge in [0.05, 0.1) is 10.8 Å². The molecule has 1 atom stereocenters. The highest BCUT2D eigenvalue weighted by molar-refractivity contribution is 7.89. The Balaban J connectivity index is 1.45. The first-order chi connectivity index (χ1) is 14.0. The zero-order chi connectivity index (χ0) is 20.3. The summed E-state index contributed by atoms with van der Waals surface area (Å²) in [6, 6.07) is 17.2. The SMILES string of the molecule is O=C(NC1CCCC1)C1CCCN(S(=O)(=O)c2ccc(-c3ccccc3)cc2)C1. The average Bonchev–Trinajstić information content (AvgIpc) is 3.27. The van der Waals surface area contributed by atoms with Crippen LogP contribution in [-0.2, 0) is 14.8 Å². The second-order valence-electron chi connectivity index (χ2n) is 8.08. The maximum Gasteiger partial charge on any atom is 0.243 e. The van der Waals surface area contributed by atoms with E-state index in [4.69, 9.17) is 0 Å². The molecule has 1 N–H and O–H groups in total. The van der Waals surface area contributed by atoms with Gasteiger partial charge < -0.3 is 5.32 Å². The lowest BCUT2D eigenvalue weighted by atomic mass is 9.98. The number of carbonyl (C=O) groups excluding carboxylic acids is 1. The lowest BCUT2D eigenvalue weighted by Crippen LogP contribution is -2.47. The van der Waals surface area contributed by atoms with Gasteiger partial charge >= 0.3 is 0 Å². The van der Waals surface area contributed by atoms with E-state index >= 15 is 0 Å². The molecule has 1 unspecified atom stereocenters. The summed E-state index contributed by atoms with van der Waals surface area (Å²) in [4.78, 5) is 12.9. The predicted molar refractivity (Wildman–Crippen MR) is 114 cm³/mol. The summed E-state index contributed by atoms with van der Waals surface area (Å²) >= 11 is 0. The molecule has 2 aromatic carbocycles. The van der Waals surface area contributed by atoms with Gasteiger partial charge in [0.2, 0.25) is 15.9 Å². The normalized spacial score (nSPS) is 21.2. The Morgan fingerprint density at radius 1 is 0.862 bits per heavy atom. The summed E-state index contributed by atoms with van der Waals surface area (Å²) in [5.74, 6) is -0.251. The Bertz CT molecular complexity index is 936. The van der Waals surface area contributed by atoms with E-state index in [1.807, 2.05) is 42.5 Å². The minimum atomic E-state index is -3.60. The third kappa shape index (κ3) is 4.54. The van der Waals surface area contributed by atoms with Crippen molar-refractivity contribution in [2.75, 3.05) is 13.1 Å². The molecule has 1 amide bonds. The molecular weight excluding hydrogens is 384 g/mol. The standard InChI is InChI=1S/C23H28N2O3S/c26-23(24-21-10-4-5-11-21)20-9-6-16-25(17-20)29(27,28)22-14-12-19(13-15-22)18-7-2-1-3-8-18/h1-3,7-8,12-15,20-21H,4-6,9-11,16-17H2,(H,24,26). The highest BCUT2D eigenvalue weighted by Gasteiger charge is 2.34. The maximum atomic E-state index is 13.1. The molecule has 6 heteroatoms. The third-order valence-electron chi connectivity index (χ3n) is 6.06. The minimum absolute atomic E-state index is 0.0104. The van der Waals surface area contributed by atoms with Crippen molar-refractivity contribution >= 4 is 15.9 Å². The largest absolute Gasteiger partial charge is 0.353 e. The number of carbonyl (C=O) groups is 1. The molecule has 5 nitrogen and oxygen atoms in total. The van der Waals surface area contributed by atoms with Crippen LogP contribution in [0.5, 0.6) is 0 Å². The van der Waals surface area contributed by atoms with E-state index in [-0.39, 0.29) is 29.3 Å². The van der Waals surface area contributed by atoms with Crippen molar-refractivity contribution in [1.29, 1.82) is 0 Å². The van der Waals surface area contributed by atoms with Crippen LogP contribution >= 0.6 is 0 Å². The van der Waals surface area contributed by atoms with Gasteiger partial charge in [-0.3, -0.25) is 4.79 Å². The molecular formula is C23H28N2O3S. The molecule has 2 aromatic rings. The summed E-state index contributed by atoms with van der Waals surface area (Å²) in [6.07, 6.45) is 5.86. The van der Waals surface area contributed by atoms with Crippen LogP contribution in [0.2, 0.25) is 0 Å². The Morgan fingerprint density at radius 2 is 1.52 bits per heavy atom. The average molecular weight is 413 g/mol. The van der Waals surface area contributed by atoms with E-state index in [9.17, 15) is 13.2 Å². The molecule has 1 saturated heterocycles. The number of sulfonamides is 1. The third-order valence-corrected chi connectivity index (χ3v) is 7.94. The first-order valence-electron chi connectivity index (χ1n) is 10.5. The van der Waals surface area contributed by atoms with Crippen molar-refractivity contribution in [2.45, 2.75) is 49.5 Å². The van der Waals surface area contributed by atoms with E-state index in [0.29, 0.717) is 13.0 Å². The quantitative estimate of drug-likeness (QED) is 0.812. The molecule has 0 radical (unpaired) electrons. The first-order valence-corrected chi connectivity index (χ1v) is 11.9. The van der Waals surface area contributed by atoms with E-state index < -0.39 is 10.0 Å². The van der Waals surface area contributed by atoms with Crippen molar-refractivity contribution in [3.8, 4) is 11.1 Å². The Morgan fingerprint density at radius 3 is 2.21 bits per heavy atom. The molecule has 0 spiro atoms. The van der Waals surface area contributed by atoms with Crippen LogP contribution in [0.3, 0.4) is 0 Å². The highest BCUT2D eigenvalue weighted by atomic mass is 32.2. The fraction of sp³-hybridized carbons (Fsp3) is 0.435. The zero-order valence-corrected chi connectivity index (χ0v) is 17.4. The van der Waals surface area contributed by atoms with Gasteiger partial charge in [0.1, 0.15) is 0 Å². The Kier molecular flexibility index (Phi) is 6.01. The lowest BCUT2D eigenvalue weighted by Gasteiger charge is -2.31. The number of amides is 1. The summed E-state index contributed by atoms with van der Waals surface area (Å²) in [5, 5.41) is 3.13. The van der Waals surface area contributed by atoms with Crippen LogP contribution < -0.4 is 5.32 Å². The molecule has 0 bridgehead atoms. The Labute approximate surface area is 173 Å². The lowest BCUT2D eigenvalue weighted by molar-refractivity contribution is -0.126. The summed E-state index contributed by atoms with van der Waals surface area (Å²) in [5.41, 5.74) is 2.04. The van der Waals surface area contributed by atoms with Gasteiger partial charge in [-0.1, -0.05) is 55.3 Å². The molecule has 2 aliphatic rings. The fourth-order valence-corrected chi connectivity index (χ4v) is 5.89. The predicted octanol–water partition coefficient (Wildman–Crippen LogP) is 3.81. The van der Waals surface area contributed by atoms with Crippen molar-refractivity contribution < 1.29 is 13.2 Å². The smallest absolute Gasteiger partial charge is 0.243 e. The number of nitrogens with one attached hydrogen (secondary N) is 1. The number of benzene rings is 2. The van der Waals surface area contributed by atoms with E-state index in [0.717, 1.165) is 43.2 Å². The van der Waals surface area contributed by atoms with E-state index in [1.165, 1.54) is 4.31 Å². The molecule has 4 rings (SSSR count). The number of nitrogens with zero attached hydrogens (tertiary/aromatic N) is 1. The molecule has 29 heavy (non-hydrogen) atoms. The van der Waals surface area contributed by atoms with Gasteiger partial charge in [-0.25, -0.2) is 8.42 Å². The summed E-state index contributed by atoms with van der Waals surface area (Å²) in [7, 11) is -3.60. The van der Waals surface area contributed by atoms with Crippen LogP contribution in [0.15, 0.2) is 59.5 Å². The summed E-state index contributed by atoms with van der Waals surface area (Å²) < 4.78 is 27.8. The van der Waals surface area contributed by atoms with Crippen LogP contribution in [0, 0.1) is 5.92 Å². The minimum Gasteiger partial charge on any atom is -0.353 e. The van der Waals surface area contributed by atoms with Crippen LogP contribution in [-0.4, -0.2) is 37.8 Å². The number of hydrogen-bond acceptors (Lipinski definition) is 3. The maximum absolute atomic E-state index is 13.1. The van der Waals surface area contributed by atoms with E-state index in [2.05, 4.69) is 5.32 Å². The number of piperidine rings is 1. The topological polar surface area (TPSA) is 66.5 Å². The molecule has 2 fully saturated rings. The second kappa shape index (κ2) is 8.67. The van der Waals surface area contributed by atoms with Crippen LogP contribution in [0.1, 0.15) is 38.5 Å². The number of hydrogen-bond donors (Lipinski definition) is 1. The van der Waals surface area contributed by atoms with Crippen molar-refractivity contribution in [3.63, 3.8) is 0 Å². The van der Waals surface area contributed by atoms with Gasteiger partial charge in [0.15, 0.2) is 0 Å². The van der Waals surface area contributed by atoms with E-state index in [1.54, 1.807) is 12.1 Å². The Hall–Kier alpha value is -2.18. The zero-order valence-electron chi connectivity index (χ0n) is 16.6. The van der Waals surface area contributed by atoms with Crippen LogP contribution in [0.4, 0.5) is 0 Å². The molecule has 1 aliphatic heterocycles. The van der Waals surface area contributed by atoms with Gasteiger partial charge in [0.25, 0.3) is 0 Å². The first kappa shape index (κ1) is 20.1. The highest BCUT2D eigenvalue weighted by Crippen LogP contribution is 2.27. The molecule has 0 aromatic heterocycles. The molecule has 154 valence electrons. The van der Waals surface area contributed by atoms with Crippen molar-refractivity contribution in [3.05, 3.63) is 54.6 Å². The molecule has 1 saturated carbocycles. The molecule has 1 heterocycles. The van der Waals surface area contributed by atoms with Gasteiger partial charge in [-0.15, -0.1) is 0 Å². The van der Waals surface area contributed by atoms with Gasteiger partial charge in [-0.2, -0.15) is 4.31 Å². The number of rotatable bonds is 5. The fourth-order valence-electron chi connectivity index (χ4n) is 4.36. The van der Waals surface area contributed by atoms with Crippen LogP contribution in [0.25, 0.3) is 11.1 Å². The molecule has 1 aliphatic carbocycles.